The summed E-state index contributed by atoms with van der Waals surface area (Å²) in [5.41, 5.74) is 1.58. The lowest BCUT2D eigenvalue weighted by Crippen LogP contribution is -2.02. The maximum atomic E-state index is 10.7. The lowest BCUT2D eigenvalue weighted by molar-refractivity contribution is -0.385. The van der Waals surface area contributed by atoms with Crippen LogP contribution < -0.4 is 5.32 Å². The van der Waals surface area contributed by atoms with E-state index in [1.54, 1.807) is 19.1 Å². The first-order chi connectivity index (χ1) is 7.06. The zero-order chi connectivity index (χ0) is 11.4. The summed E-state index contributed by atoms with van der Waals surface area (Å²) in [5.74, 6) is 0. The molecular formula is C10H13BrN2O2. The van der Waals surface area contributed by atoms with E-state index in [4.69, 9.17) is 0 Å². The van der Waals surface area contributed by atoms with Crippen LogP contribution in [0.15, 0.2) is 16.6 Å². The minimum atomic E-state index is -0.362. The minimum Gasteiger partial charge on any atom is -0.384 e. The molecule has 0 amide bonds. The van der Waals surface area contributed by atoms with Crippen LogP contribution in [0.3, 0.4) is 0 Å². The molecule has 1 aromatic rings. The highest BCUT2D eigenvalue weighted by Gasteiger charge is 2.13. The van der Waals surface area contributed by atoms with Crippen molar-refractivity contribution in [2.24, 2.45) is 0 Å². The second-order valence-corrected chi connectivity index (χ2v) is 4.16. The summed E-state index contributed by atoms with van der Waals surface area (Å²) in [4.78, 5) is 10.4. The number of rotatable bonds is 4. The Morgan fingerprint density at radius 3 is 2.73 bits per heavy atom. The number of halogens is 1. The number of anilines is 1. The van der Waals surface area contributed by atoms with Crippen LogP contribution in [-0.4, -0.2) is 11.5 Å². The van der Waals surface area contributed by atoms with Gasteiger partial charge in [-0.2, -0.15) is 0 Å². The molecule has 0 saturated heterocycles. The minimum absolute atomic E-state index is 0.150. The smallest absolute Gasteiger partial charge is 0.274 e. The van der Waals surface area contributed by atoms with Gasteiger partial charge in [-0.3, -0.25) is 10.1 Å². The van der Waals surface area contributed by atoms with E-state index in [0.29, 0.717) is 5.56 Å². The van der Waals surface area contributed by atoms with Crippen LogP contribution in [0.1, 0.15) is 18.9 Å². The van der Waals surface area contributed by atoms with Crippen molar-refractivity contribution >= 4 is 27.3 Å². The summed E-state index contributed by atoms with van der Waals surface area (Å²) in [6, 6.07) is 3.32. The van der Waals surface area contributed by atoms with E-state index in [-0.39, 0.29) is 10.6 Å². The first kappa shape index (κ1) is 12.0. The average Bonchev–Trinajstić information content (AvgIpc) is 2.16. The molecule has 0 aliphatic rings. The highest BCUT2D eigenvalue weighted by molar-refractivity contribution is 9.10. The van der Waals surface area contributed by atoms with Crippen molar-refractivity contribution in [3.8, 4) is 0 Å². The van der Waals surface area contributed by atoms with Crippen LogP contribution >= 0.6 is 15.9 Å². The van der Waals surface area contributed by atoms with Crippen LogP contribution in [0, 0.1) is 17.0 Å². The van der Waals surface area contributed by atoms with Gasteiger partial charge in [0, 0.05) is 22.6 Å². The van der Waals surface area contributed by atoms with Crippen molar-refractivity contribution in [2.45, 2.75) is 20.3 Å². The molecule has 0 heterocycles. The van der Waals surface area contributed by atoms with Gasteiger partial charge in [0.05, 0.1) is 10.6 Å². The molecule has 0 fully saturated rings. The largest absolute Gasteiger partial charge is 0.384 e. The lowest BCUT2D eigenvalue weighted by Gasteiger charge is -2.08. The summed E-state index contributed by atoms with van der Waals surface area (Å²) >= 11 is 3.38. The zero-order valence-corrected chi connectivity index (χ0v) is 10.3. The Labute approximate surface area is 97.0 Å². The molecule has 0 radical (unpaired) electrons. The van der Waals surface area contributed by atoms with Crippen LogP contribution in [0.5, 0.6) is 0 Å². The van der Waals surface area contributed by atoms with E-state index in [1.807, 2.05) is 6.92 Å². The van der Waals surface area contributed by atoms with Crippen molar-refractivity contribution < 1.29 is 4.92 Å². The standard InChI is InChI=1S/C10H13BrN2O2/c1-3-4-12-9-6-10(13(14)15)7(2)5-8(9)11/h5-6,12H,3-4H2,1-2H3. The Bertz CT molecular complexity index is 380. The number of hydrogen-bond acceptors (Lipinski definition) is 3. The quantitative estimate of drug-likeness (QED) is 0.674. The van der Waals surface area contributed by atoms with Crippen molar-refractivity contribution in [1.82, 2.24) is 0 Å². The van der Waals surface area contributed by atoms with Gasteiger partial charge in [0.15, 0.2) is 0 Å². The molecule has 0 spiro atoms. The summed E-state index contributed by atoms with van der Waals surface area (Å²) < 4.78 is 0.860. The topological polar surface area (TPSA) is 55.2 Å². The third-order valence-electron chi connectivity index (χ3n) is 2.05. The van der Waals surface area contributed by atoms with Crippen LogP contribution in [0.2, 0.25) is 0 Å². The van der Waals surface area contributed by atoms with Gasteiger partial charge in [0.25, 0.3) is 5.69 Å². The lowest BCUT2D eigenvalue weighted by atomic mass is 10.2. The van der Waals surface area contributed by atoms with E-state index in [0.717, 1.165) is 23.1 Å². The Morgan fingerprint density at radius 1 is 1.53 bits per heavy atom. The second-order valence-electron chi connectivity index (χ2n) is 3.30. The van der Waals surface area contributed by atoms with Gasteiger partial charge in [0.2, 0.25) is 0 Å². The summed E-state index contributed by atoms with van der Waals surface area (Å²) in [7, 11) is 0. The fourth-order valence-corrected chi connectivity index (χ4v) is 1.85. The highest BCUT2D eigenvalue weighted by atomic mass is 79.9. The van der Waals surface area contributed by atoms with E-state index in [9.17, 15) is 10.1 Å². The third kappa shape index (κ3) is 2.92. The Kier molecular flexibility index (Phi) is 4.08. The highest BCUT2D eigenvalue weighted by Crippen LogP contribution is 2.30. The van der Waals surface area contributed by atoms with Gasteiger partial charge < -0.3 is 5.32 Å². The van der Waals surface area contributed by atoms with Crippen LogP contribution in [-0.2, 0) is 0 Å². The van der Waals surface area contributed by atoms with E-state index < -0.39 is 0 Å². The zero-order valence-electron chi connectivity index (χ0n) is 8.71. The normalized spacial score (nSPS) is 10.1. The third-order valence-corrected chi connectivity index (χ3v) is 2.70. The number of nitrogens with zero attached hydrogens (tertiary/aromatic N) is 1. The van der Waals surface area contributed by atoms with Crippen molar-refractivity contribution in [3.63, 3.8) is 0 Å². The van der Waals surface area contributed by atoms with Gasteiger partial charge in [-0.05, 0) is 35.3 Å². The first-order valence-electron chi connectivity index (χ1n) is 4.74. The van der Waals surface area contributed by atoms with Crippen LogP contribution in [0.25, 0.3) is 0 Å². The molecule has 0 aliphatic heterocycles. The molecule has 0 aromatic heterocycles. The summed E-state index contributed by atoms with van der Waals surface area (Å²) in [5, 5.41) is 13.9. The van der Waals surface area contributed by atoms with Gasteiger partial charge in [-0.25, -0.2) is 0 Å². The Morgan fingerprint density at radius 2 is 2.20 bits per heavy atom. The number of benzene rings is 1. The van der Waals surface area contributed by atoms with Gasteiger partial charge >= 0.3 is 0 Å². The molecule has 0 unspecified atom stereocenters. The van der Waals surface area contributed by atoms with Gasteiger partial charge in [-0.1, -0.05) is 6.92 Å². The number of aryl methyl sites for hydroxylation is 1. The number of hydrogen-bond donors (Lipinski definition) is 1. The van der Waals surface area contributed by atoms with E-state index in [1.165, 1.54) is 0 Å². The number of nitro groups is 1. The molecule has 4 nitrogen and oxygen atoms in total. The average molecular weight is 273 g/mol. The molecule has 1 N–H and O–H groups in total. The van der Waals surface area contributed by atoms with Gasteiger partial charge in [0.1, 0.15) is 0 Å². The molecule has 0 saturated carbocycles. The van der Waals surface area contributed by atoms with Crippen molar-refractivity contribution in [3.05, 3.63) is 32.3 Å². The Balaban J connectivity index is 3.06. The molecule has 15 heavy (non-hydrogen) atoms. The fourth-order valence-electron chi connectivity index (χ4n) is 1.25. The van der Waals surface area contributed by atoms with Crippen LogP contribution in [0.4, 0.5) is 11.4 Å². The van der Waals surface area contributed by atoms with Crippen molar-refractivity contribution in [1.29, 1.82) is 0 Å². The second kappa shape index (κ2) is 5.11. The molecule has 1 aromatic carbocycles. The van der Waals surface area contributed by atoms with E-state index >= 15 is 0 Å². The molecule has 1 rings (SSSR count). The maximum absolute atomic E-state index is 10.7. The van der Waals surface area contributed by atoms with Crippen molar-refractivity contribution in [2.75, 3.05) is 11.9 Å². The monoisotopic (exact) mass is 272 g/mol. The predicted octanol–water partition coefficient (Wildman–Crippen LogP) is 3.49. The molecule has 0 atom stereocenters. The molecule has 0 bridgehead atoms. The number of nitro benzene ring substituents is 1. The first-order valence-corrected chi connectivity index (χ1v) is 5.54. The maximum Gasteiger partial charge on any atom is 0.274 e. The molecular weight excluding hydrogens is 260 g/mol. The fraction of sp³-hybridized carbons (Fsp3) is 0.400. The number of nitrogens with one attached hydrogen (secondary N) is 1. The summed E-state index contributed by atoms with van der Waals surface area (Å²) in [6.07, 6.45) is 0.980. The Hall–Kier alpha value is -1.10. The predicted molar refractivity (Wildman–Crippen MR) is 64.3 cm³/mol. The van der Waals surface area contributed by atoms with Gasteiger partial charge in [-0.15, -0.1) is 0 Å². The van der Waals surface area contributed by atoms with E-state index in [2.05, 4.69) is 21.2 Å². The SMILES string of the molecule is CCCNc1cc([N+](=O)[O-])c(C)cc1Br. The summed E-state index contributed by atoms with van der Waals surface area (Å²) in [6.45, 7) is 4.58. The molecule has 0 aliphatic carbocycles. The molecule has 5 heteroatoms. The molecule has 82 valence electrons.